The highest BCUT2D eigenvalue weighted by atomic mass is 35.5. The first-order chi connectivity index (χ1) is 9.79. The summed E-state index contributed by atoms with van der Waals surface area (Å²) in [4.78, 5) is 10.9. The van der Waals surface area contributed by atoms with Crippen LogP contribution in [0.25, 0.3) is 0 Å². The first kappa shape index (κ1) is 17.3. The minimum atomic E-state index is -4.02. The molecule has 0 amide bonds. The molecule has 1 aromatic rings. The van der Waals surface area contributed by atoms with E-state index in [9.17, 15) is 13.2 Å². The summed E-state index contributed by atoms with van der Waals surface area (Å²) < 4.78 is 31.1. The van der Waals surface area contributed by atoms with Gasteiger partial charge in [0.1, 0.15) is 10.5 Å². The predicted octanol–water partition coefficient (Wildman–Crippen LogP) is 1.69. The van der Waals surface area contributed by atoms with Gasteiger partial charge in [-0.1, -0.05) is 24.4 Å². The van der Waals surface area contributed by atoms with Crippen LogP contribution in [0.1, 0.15) is 17.3 Å². The van der Waals surface area contributed by atoms with Crippen LogP contribution in [0.4, 0.5) is 0 Å². The molecule has 0 saturated heterocycles. The Balaban J connectivity index is 3.63. The monoisotopic (exact) mass is 331 g/mol. The average molecular weight is 332 g/mol. The van der Waals surface area contributed by atoms with Crippen LogP contribution in [0, 0.1) is 12.3 Å². The number of hydrogen-bond donors (Lipinski definition) is 1. The Kier molecular flexibility index (Phi) is 5.61. The molecule has 0 aliphatic heterocycles. The maximum Gasteiger partial charge on any atom is 0.339 e. The molecule has 0 unspecified atom stereocenters. The van der Waals surface area contributed by atoms with E-state index in [1.54, 1.807) is 6.92 Å². The molecule has 0 atom stereocenters. The van der Waals surface area contributed by atoms with Crippen molar-refractivity contribution in [2.24, 2.45) is 0 Å². The molecule has 114 valence electrons. The fourth-order valence-corrected chi connectivity index (χ4v) is 3.59. The van der Waals surface area contributed by atoms with E-state index in [1.807, 2.05) is 0 Å². The Morgan fingerprint density at radius 2 is 2.14 bits per heavy atom. The molecule has 0 radical (unpaired) electrons. The van der Waals surface area contributed by atoms with Crippen LogP contribution < -0.4 is 4.74 Å². The van der Waals surface area contributed by atoms with Crippen molar-refractivity contribution in [2.75, 3.05) is 20.2 Å². The maximum absolute atomic E-state index is 12.6. The zero-order valence-electron chi connectivity index (χ0n) is 11.5. The Morgan fingerprint density at radius 3 is 2.57 bits per heavy atom. The lowest BCUT2D eigenvalue weighted by Gasteiger charge is -2.20. The maximum atomic E-state index is 12.6. The summed E-state index contributed by atoms with van der Waals surface area (Å²) in [6.07, 6.45) is 5.15. The highest BCUT2D eigenvalue weighted by Gasteiger charge is 2.30. The van der Waals surface area contributed by atoms with Gasteiger partial charge in [0, 0.05) is 11.6 Å². The summed E-state index contributed by atoms with van der Waals surface area (Å²) in [5.74, 6) is 0.623. The van der Waals surface area contributed by atoms with Crippen LogP contribution in [0.5, 0.6) is 5.75 Å². The van der Waals surface area contributed by atoms with Crippen molar-refractivity contribution >= 4 is 27.6 Å². The molecule has 1 aromatic carbocycles. The van der Waals surface area contributed by atoms with E-state index in [0.717, 1.165) is 16.4 Å². The van der Waals surface area contributed by atoms with E-state index < -0.39 is 16.0 Å². The molecule has 0 aromatic heterocycles. The first-order valence-corrected chi connectivity index (χ1v) is 7.65. The minimum Gasteiger partial charge on any atom is -0.494 e. The van der Waals surface area contributed by atoms with Crippen molar-refractivity contribution in [3.05, 3.63) is 22.7 Å². The van der Waals surface area contributed by atoms with Gasteiger partial charge in [-0.3, -0.25) is 0 Å². The quantitative estimate of drug-likeness (QED) is 0.802. The van der Waals surface area contributed by atoms with Crippen LogP contribution in [0.15, 0.2) is 17.0 Å². The summed E-state index contributed by atoms with van der Waals surface area (Å²) in [6.45, 7) is 1.60. The van der Waals surface area contributed by atoms with Crippen molar-refractivity contribution in [1.82, 2.24) is 4.31 Å². The number of hydrogen-bond acceptors (Lipinski definition) is 4. The second kappa shape index (κ2) is 6.80. The van der Waals surface area contributed by atoms with Crippen LogP contribution in [-0.2, 0) is 10.0 Å². The van der Waals surface area contributed by atoms with Gasteiger partial charge in [0.05, 0.1) is 13.7 Å². The van der Waals surface area contributed by atoms with Gasteiger partial charge in [0.15, 0.2) is 5.75 Å². The molecule has 0 saturated carbocycles. The van der Waals surface area contributed by atoms with Crippen LogP contribution in [0.3, 0.4) is 0 Å². The van der Waals surface area contributed by atoms with Gasteiger partial charge in [-0.15, -0.1) is 6.42 Å². The van der Waals surface area contributed by atoms with Crippen LogP contribution in [0.2, 0.25) is 5.02 Å². The third-order valence-corrected chi connectivity index (χ3v) is 4.84. The van der Waals surface area contributed by atoms with Crippen LogP contribution in [-0.4, -0.2) is 44.0 Å². The first-order valence-electron chi connectivity index (χ1n) is 5.84. The number of rotatable bonds is 6. The molecule has 0 bridgehead atoms. The summed E-state index contributed by atoms with van der Waals surface area (Å²) in [5.41, 5.74) is -0.333. The van der Waals surface area contributed by atoms with Gasteiger partial charge >= 0.3 is 5.97 Å². The highest BCUT2D eigenvalue weighted by molar-refractivity contribution is 7.89. The average Bonchev–Trinajstić information content (AvgIpc) is 2.43. The van der Waals surface area contributed by atoms with Crippen molar-refractivity contribution < 1.29 is 23.1 Å². The molecule has 8 heteroatoms. The predicted molar refractivity (Wildman–Crippen MR) is 78.2 cm³/mol. The van der Waals surface area contributed by atoms with E-state index in [2.05, 4.69) is 5.92 Å². The van der Waals surface area contributed by atoms with E-state index in [-0.39, 0.29) is 34.3 Å². The van der Waals surface area contributed by atoms with Gasteiger partial charge in [-0.2, -0.15) is 4.31 Å². The Bertz CT molecular complexity index is 693. The largest absolute Gasteiger partial charge is 0.494 e. The summed E-state index contributed by atoms with van der Waals surface area (Å²) >= 11 is 5.81. The Labute approximate surface area is 128 Å². The smallest absolute Gasteiger partial charge is 0.339 e. The molecule has 1 N–H and O–H groups in total. The van der Waals surface area contributed by atoms with Crippen molar-refractivity contribution in [1.29, 1.82) is 0 Å². The van der Waals surface area contributed by atoms with E-state index >= 15 is 0 Å². The fraction of sp³-hybridized carbons (Fsp3) is 0.308. The zero-order chi connectivity index (χ0) is 16.2. The molecule has 0 aliphatic carbocycles. The number of terminal acetylenes is 1. The lowest BCUT2D eigenvalue weighted by atomic mass is 10.2. The summed E-state index contributed by atoms with van der Waals surface area (Å²) in [6, 6.07) is 2.26. The highest BCUT2D eigenvalue weighted by Crippen LogP contribution is 2.33. The second-order valence-corrected chi connectivity index (χ2v) is 6.27. The molecule has 0 fully saturated rings. The van der Waals surface area contributed by atoms with Gasteiger partial charge in [-0.05, 0) is 12.1 Å². The number of carboxylic acids is 1. The third-order valence-electron chi connectivity index (χ3n) is 2.69. The number of aromatic carboxylic acids is 1. The molecule has 0 spiro atoms. The third kappa shape index (κ3) is 3.47. The minimum absolute atomic E-state index is 0.0245. The molecular weight excluding hydrogens is 318 g/mol. The number of nitrogens with zero attached hydrogens (tertiary/aromatic N) is 1. The van der Waals surface area contributed by atoms with Gasteiger partial charge in [0.2, 0.25) is 10.0 Å². The number of carbonyl (C=O) groups is 1. The topological polar surface area (TPSA) is 83.9 Å². The number of methoxy groups -OCH3 is 1. The molecule has 6 nitrogen and oxygen atoms in total. The normalized spacial score (nSPS) is 11.2. The standard InChI is InChI=1S/C13H14ClNO5S/c1-4-6-15(5-2)21(18,19)11-8-9(14)7-10(13(16)17)12(11)20-3/h1,7-8H,5-6H2,2-3H3,(H,16,17). The van der Waals surface area contributed by atoms with E-state index in [0.29, 0.717) is 0 Å². The molecule has 21 heavy (non-hydrogen) atoms. The van der Waals surface area contributed by atoms with Gasteiger partial charge < -0.3 is 9.84 Å². The number of carboxylic acid groups (broad SMARTS) is 1. The van der Waals surface area contributed by atoms with Crippen molar-refractivity contribution in [2.45, 2.75) is 11.8 Å². The number of ether oxygens (including phenoxy) is 1. The van der Waals surface area contributed by atoms with Crippen molar-refractivity contribution in [3.8, 4) is 18.1 Å². The molecular formula is C13H14ClNO5S. The van der Waals surface area contributed by atoms with E-state index in [4.69, 9.17) is 27.9 Å². The van der Waals surface area contributed by atoms with E-state index in [1.165, 1.54) is 7.11 Å². The number of halogens is 1. The lowest BCUT2D eigenvalue weighted by Crippen LogP contribution is -2.31. The number of benzene rings is 1. The van der Waals surface area contributed by atoms with Crippen LogP contribution >= 0.6 is 11.6 Å². The lowest BCUT2D eigenvalue weighted by molar-refractivity contribution is 0.0693. The summed E-state index contributed by atoms with van der Waals surface area (Å²) in [7, 11) is -2.83. The SMILES string of the molecule is C#CCN(CC)S(=O)(=O)c1cc(Cl)cc(C(=O)O)c1OC. The fourth-order valence-electron chi connectivity index (χ4n) is 1.74. The van der Waals surface area contributed by atoms with Crippen molar-refractivity contribution in [3.63, 3.8) is 0 Å². The second-order valence-electron chi connectivity index (χ2n) is 3.93. The number of sulfonamides is 1. The Hall–Kier alpha value is -1.75. The molecule has 0 heterocycles. The summed E-state index contributed by atoms with van der Waals surface area (Å²) in [5, 5.41) is 9.11. The molecule has 1 rings (SSSR count). The Morgan fingerprint density at radius 1 is 1.52 bits per heavy atom. The van der Waals surface area contributed by atoms with Gasteiger partial charge in [-0.25, -0.2) is 13.2 Å². The molecule has 0 aliphatic rings. The van der Waals surface area contributed by atoms with Gasteiger partial charge in [0.25, 0.3) is 0 Å². The zero-order valence-corrected chi connectivity index (χ0v) is 13.0.